The summed E-state index contributed by atoms with van der Waals surface area (Å²) < 4.78 is 0. The summed E-state index contributed by atoms with van der Waals surface area (Å²) >= 11 is 0. The van der Waals surface area contributed by atoms with Crippen molar-refractivity contribution in [1.29, 1.82) is 0 Å². The third-order valence-electron chi connectivity index (χ3n) is 1.36. The van der Waals surface area contributed by atoms with E-state index in [1.165, 1.54) is 28.3 Å². The molecule has 10 heavy (non-hydrogen) atoms. The van der Waals surface area contributed by atoms with Gasteiger partial charge in [-0.2, -0.15) is 0 Å². The summed E-state index contributed by atoms with van der Waals surface area (Å²) in [6.07, 6.45) is 3.64. The van der Waals surface area contributed by atoms with E-state index in [9.17, 15) is 0 Å². The van der Waals surface area contributed by atoms with Gasteiger partial charge in [0.15, 0.2) is 0 Å². The molecule has 0 aliphatic carbocycles. The highest BCUT2D eigenvalue weighted by Gasteiger charge is 1.81. The van der Waals surface area contributed by atoms with Gasteiger partial charge in [0.05, 0.1) is 0 Å². The molecule has 0 radical (unpaired) electrons. The van der Waals surface area contributed by atoms with Crippen molar-refractivity contribution < 1.29 is 0 Å². The van der Waals surface area contributed by atoms with E-state index in [1.54, 1.807) is 0 Å². The Morgan fingerprint density at radius 3 is 2.70 bits per heavy atom. The quantitative estimate of drug-likeness (QED) is 0.432. The zero-order valence-electron chi connectivity index (χ0n) is 7.35. The first-order valence-corrected chi connectivity index (χ1v) is 6.99. The molecule has 0 aromatic carbocycles. The van der Waals surface area contributed by atoms with E-state index in [-0.39, 0.29) is 9.52 Å². The average Bonchev–Trinajstić information content (AvgIpc) is 1.87. The Bertz CT molecular complexity index is 121. The van der Waals surface area contributed by atoms with E-state index in [2.05, 4.69) is 31.3 Å². The van der Waals surface area contributed by atoms with Gasteiger partial charge in [0.2, 0.25) is 0 Å². The topological polar surface area (TPSA) is 0 Å². The van der Waals surface area contributed by atoms with E-state index in [4.69, 9.17) is 0 Å². The standard InChI is InChI=1S/C8H18Si2/c1-8(2)7-10-6-4-3-5-9/h3,5,7H,4,6,10H2,1-2,9H3. The first-order valence-electron chi connectivity index (χ1n) is 4.02. The van der Waals surface area contributed by atoms with Crippen molar-refractivity contribution in [3.8, 4) is 0 Å². The predicted molar refractivity (Wildman–Crippen MR) is 56.5 cm³/mol. The van der Waals surface area contributed by atoms with Crippen molar-refractivity contribution in [2.24, 2.45) is 0 Å². The molecular weight excluding hydrogens is 152 g/mol. The number of allylic oxidation sites excluding steroid dienone is 2. The predicted octanol–water partition coefficient (Wildman–Crippen LogP) is 0.766. The molecule has 0 bridgehead atoms. The monoisotopic (exact) mass is 170 g/mol. The van der Waals surface area contributed by atoms with Crippen molar-refractivity contribution in [2.75, 3.05) is 0 Å². The van der Waals surface area contributed by atoms with Crippen LogP contribution in [0.2, 0.25) is 6.04 Å². The highest BCUT2D eigenvalue weighted by Crippen LogP contribution is 1.93. The van der Waals surface area contributed by atoms with Crippen LogP contribution in [-0.2, 0) is 0 Å². The van der Waals surface area contributed by atoms with Crippen LogP contribution in [0.15, 0.2) is 23.0 Å². The Balaban J connectivity index is 3.13. The largest absolute Gasteiger partial charge is 0.109 e. The minimum absolute atomic E-state index is 0.146. The second kappa shape index (κ2) is 7.03. The van der Waals surface area contributed by atoms with E-state index < -0.39 is 0 Å². The fraction of sp³-hybridized carbons (Fsp3) is 0.500. The van der Waals surface area contributed by atoms with Crippen molar-refractivity contribution in [3.05, 3.63) is 23.0 Å². The number of hydrogen-bond donors (Lipinski definition) is 0. The molecule has 0 rings (SSSR count). The van der Waals surface area contributed by atoms with Crippen LogP contribution in [0.4, 0.5) is 0 Å². The van der Waals surface area contributed by atoms with Gasteiger partial charge in [-0.25, -0.2) is 0 Å². The van der Waals surface area contributed by atoms with Gasteiger partial charge in [-0.05, 0) is 20.3 Å². The minimum atomic E-state index is 0.146. The summed E-state index contributed by atoms with van der Waals surface area (Å²) in [5.41, 5.74) is 6.22. The van der Waals surface area contributed by atoms with E-state index in [0.29, 0.717) is 0 Å². The molecule has 0 saturated heterocycles. The summed E-state index contributed by atoms with van der Waals surface area (Å²) in [6.45, 7) is 4.38. The van der Waals surface area contributed by atoms with Crippen LogP contribution in [0.5, 0.6) is 0 Å². The summed E-state index contributed by atoms with van der Waals surface area (Å²) in [4.78, 5) is 0. The van der Waals surface area contributed by atoms with Crippen molar-refractivity contribution in [2.45, 2.75) is 26.3 Å². The van der Waals surface area contributed by atoms with E-state index in [0.717, 1.165) is 0 Å². The molecule has 0 aromatic heterocycles. The van der Waals surface area contributed by atoms with Gasteiger partial charge in [0, 0.05) is 19.8 Å². The van der Waals surface area contributed by atoms with Crippen LogP contribution in [0.1, 0.15) is 20.3 Å². The molecule has 0 aliphatic heterocycles. The van der Waals surface area contributed by atoms with Crippen LogP contribution < -0.4 is 0 Å². The fourth-order valence-corrected chi connectivity index (χ4v) is 2.38. The third kappa shape index (κ3) is 7.91. The van der Waals surface area contributed by atoms with Gasteiger partial charge >= 0.3 is 0 Å². The van der Waals surface area contributed by atoms with E-state index in [1.807, 2.05) is 0 Å². The Hall–Kier alpha value is -0.0862. The average molecular weight is 170 g/mol. The lowest BCUT2D eigenvalue weighted by molar-refractivity contribution is 1.21. The molecule has 0 aromatic rings. The lowest BCUT2D eigenvalue weighted by Crippen LogP contribution is -1.83. The molecule has 0 spiro atoms. The van der Waals surface area contributed by atoms with Gasteiger partial charge < -0.3 is 0 Å². The van der Waals surface area contributed by atoms with Crippen LogP contribution in [0.3, 0.4) is 0 Å². The van der Waals surface area contributed by atoms with E-state index >= 15 is 0 Å². The summed E-state index contributed by atoms with van der Waals surface area (Å²) in [7, 11) is 1.37. The summed E-state index contributed by atoms with van der Waals surface area (Å²) in [6, 6.07) is 1.45. The lowest BCUT2D eigenvalue weighted by Gasteiger charge is -1.89. The van der Waals surface area contributed by atoms with Crippen LogP contribution in [0, 0.1) is 0 Å². The van der Waals surface area contributed by atoms with Crippen LogP contribution >= 0.6 is 0 Å². The Morgan fingerprint density at radius 2 is 2.20 bits per heavy atom. The first-order chi connectivity index (χ1) is 4.77. The molecule has 0 N–H and O–H groups in total. The molecule has 0 heterocycles. The molecule has 58 valence electrons. The highest BCUT2D eigenvalue weighted by molar-refractivity contribution is 6.42. The Kier molecular flexibility index (Phi) is 6.97. The number of hydrogen-bond acceptors (Lipinski definition) is 0. The second-order valence-corrected chi connectivity index (χ2v) is 5.14. The zero-order valence-corrected chi connectivity index (χ0v) is 10.8. The maximum Gasteiger partial charge on any atom is 0.0456 e. The SMILES string of the molecule is CC(C)=C[SiH2]CCC=C[SiH3]. The molecule has 0 atom stereocenters. The van der Waals surface area contributed by atoms with Gasteiger partial charge in [0.1, 0.15) is 0 Å². The molecule has 0 saturated carbocycles. The zero-order chi connectivity index (χ0) is 7.82. The van der Waals surface area contributed by atoms with Crippen molar-refractivity contribution in [1.82, 2.24) is 0 Å². The maximum absolute atomic E-state index is 2.45. The van der Waals surface area contributed by atoms with Gasteiger partial charge in [-0.15, -0.1) is 11.4 Å². The lowest BCUT2D eigenvalue weighted by atomic mass is 10.4. The second-order valence-electron chi connectivity index (χ2n) is 2.78. The highest BCUT2D eigenvalue weighted by atomic mass is 28.2. The fourth-order valence-electron chi connectivity index (χ4n) is 0.793. The minimum Gasteiger partial charge on any atom is -0.109 e. The molecule has 0 amide bonds. The van der Waals surface area contributed by atoms with Gasteiger partial charge in [-0.3, -0.25) is 0 Å². The van der Waals surface area contributed by atoms with Crippen LogP contribution in [0.25, 0.3) is 0 Å². The molecule has 0 nitrogen and oxygen atoms in total. The number of rotatable bonds is 4. The normalized spacial score (nSPS) is 11.8. The van der Waals surface area contributed by atoms with Gasteiger partial charge in [0.25, 0.3) is 0 Å². The van der Waals surface area contributed by atoms with Crippen LogP contribution in [-0.4, -0.2) is 19.8 Å². The third-order valence-corrected chi connectivity index (χ3v) is 3.76. The Morgan fingerprint density at radius 1 is 1.50 bits per heavy atom. The van der Waals surface area contributed by atoms with Crippen molar-refractivity contribution in [3.63, 3.8) is 0 Å². The first kappa shape index (κ1) is 9.91. The molecule has 0 unspecified atom stereocenters. The smallest absolute Gasteiger partial charge is 0.0456 e. The summed E-state index contributed by atoms with van der Waals surface area (Å²) in [5.74, 6) is 0. The van der Waals surface area contributed by atoms with Gasteiger partial charge in [-0.1, -0.05) is 17.7 Å². The molecular formula is C8H18Si2. The van der Waals surface area contributed by atoms with Crippen molar-refractivity contribution >= 4 is 19.8 Å². The maximum atomic E-state index is 2.45. The molecule has 0 aliphatic rings. The molecule has 0 fully saturated rings. The molecule has 2 heteroatoms. The Labute approximate surface area is 69.7 Å². The summed E-state index contributed by atoms with van der Waals surface area (Å²) in [5, 5.41) is 0.